The number of carbonyl (C=O) groups excluding carboxylic acids is 1. The molecule has 4 nitrogen and oxygen atoms in total. The van der Waals surface area contributed by atoms with Gasteiger partial charge in [-0.2, -0.15) is 0 Å². The number of ether oxygens (including phenoxy) is 1. The average molecular weight is 332 g/mol. The summed E-state index contributed by atoms with van der Waals surface area (Å²) in [6.07, 6.45) is 3.52. The van der Waals surface area contributed by atoms with Gasteiger partial charge in [0.25, 0.3) is 0 Å². The molecule has 4 rings (SSSR count). The van der Waals surface area contributed by atoms with Gasteiger partial charge in [-0.25, -0.2) is 4.79 Å². The molecule has 3 aromatic rings. The zero-order valence-electron chi connectivity index (χ0n) is 14.0. The van der Waals surface area contributed by atoms with Gasteiger partial charge in [0, 0.05) is 18.1 Å². The lowest BCUT2D eigenvalue weighted by Gasteiger charge is -2.24. The topological polar surface area (TPSA) is 42.4 Å². The fourth-order valence-electron chi connectivity index (χ4n) is 3.44. The second-order valence-corrected chi connectivity index (χ2v) is 6.35. The molecule has 1 saturated heterocycles. The van der Waals surface area contributed by atoms with Crippen molar-refractivity contribution >= 4 is 17.0 Å². The second kappa shape index (κ2) is 6.93. The molecule has 4 heteroatoms. The number of pyridine rings is 1. The van der Waals surface area contributed by atoms with Crippen LogP contribution in [0.3, 0.4) is 0 Å². The molecule has 0 spiro atoms. The molecule has 0 radical (unpaired) electrons. The Bertz CT molecular complexity index is 879. The highest BCUT2D eigenvalue weighted by atomic mass is 16.6. The van der Waals surface area contributed by atoms with Crippen LogP contribution in [0.2, 0.25) is 0 Å². The van der Waals surface area contributed by atoms with Gasteiger partial charge >= 0.3 is 6.09 Å². The summed E-state index contributed by atoms with van der Waals surface area (Å²) in [5, 5.41) is 1.10. The Morgan fingerprint density at radius 2 is 2.00 bits per heavy atom. The standard InChI is InChI=1S/C21H20N2O2/c24-21(25-15-16-6-2-1-3-7-16)23-13-5-9-20(23)18-10-11-19-17(14-18)8-4-12-22-19/h1-4,6-8,10-12,14,20H,5,9,13,15H2/t20-/m1/s1. The van der Waals surface area contributed by atoms with Crippen LogP contribution < -0.4 is 0 Å². The predicted molar refractivity (Wildman–Crippen MR) is 97.1 cm³/mol. The largest absolute Gasteiger partial charge is 0.445 e. The van der Waals surface area contributed by atoms with Crippen molar-refractivity contribution in [3.05, 3.63) is 78.0 Å². The van der Waals surface area contributed by atoms with Crippen LogP contribution in [0.1, 0.15) is 30.0 Å². The molecule has 0 unspecified atom stereocenters. The van der Waals surface area contributed by atoms with Gasteiger partial charge in [0.05, 0.1) is 11.6 Å². The normalized spacial score (nSPS) is 17.0. The lowest BCUT2D eigenvalue weighted by molar-refractivity contribution is 0.0921. The first-order valence-corrected chi connectivity index (χ1v) is 8.63. The third-order valence-electron chi connectivity index (χ3n) is 4.70. The van der Waals surface area contributed by atoms with Gasteiger partial charge < -0.3 is 9.64 Å². The van der Waals surface area contributed by atoms with Crippen LogP contribution in [-0.4, -0.2) is 22.5 Å². The van der Waals surface area contributed by atoms with E-state index in [-0.39, 0.29) is 12.1 Å². The highest BCUT2D eigenvalue weighted by Gasteiger charge is 2.31. The highest BCUT2D eigenvalue weighted by Crippen LogP contribution is 2.33. The summed E-state index contributed by atoms with van der Waals surface area (Å²) in [6.45, 7) is 1.05. The molecule has 0 bridgehead atoms. The minimum atomic E-state index is -0.238. The van der Waals surface area contributed by atoms with Crippen LogP contribution in [0.4, 0.5) is 4.79 Å². The van der Waals surface area contributed by atoms with E-state index in [0.717, 1.165) is 41.4 Å². The average Bonchev–Trinajstić information content (AvgIpc) is 3.16. The van der Waals surface area contributed by atoms with Crippen molar-refractivity contribution in [2.24, 2.45) is 0 Å². The Morgan fingerprint density at radius 1 is 1.12 bits per heavy atom. The number of benzene rings is 2. The second-order valence-electron chi connectivity index (χ2n) is 6.35. The first kappa shape index (κ1) is 15.6. The Kier molecular flexibility index (Phi) is 4.34. The fourth-order valence-corrected chi connectivity index (χ4v) is 3.44. The molecule has 2 aromatic carbocycles. The number of hydrogen-bond donors (Lipinski definition) is 0. The van der Waals surface area contributed by atoms with E-state index in [4.69, 9.17) is 4.74 Å². The molecule has 1 aromatic heterocycles. The maximum Gasteiger partial charge on any atom is 0.410 e. The van der Waals surface area contributed by atoms with Crippen molar-refractivity contribution in [1.29, 1.82) is 0 Å². The van der Waals surface area contributed by atoms with Crippen LogP contribution in [-0.2, 0) is 11.3 Å². The van der Waals surface area contributed by atoms with Crippen LogP contribution in [0.5, 0.6) is 0 Å². The molecule has 1 aliphatic rings. The van der Waals surface area contributed by atoms with E-state index in [9.17, 15) is 4.79 Å². The molecular weight excluding hydrogens is 312 g/mol. The Hall–Kier alpha value is -2.88. The Labute approximate surface area is 147 Å². The van der Waals surface area contributed by atoms with Crippen LogP contribution >= 0.6 is 0 Å². The number of carbonyl (C=O) groups is 1. The molecule has 1 amide bonds. The molecule has 0 N–H and O–H groups in total. The molecule has 0 aliphatic carbocycles. The van der Waals surface area contributed by atoms with Crippen molar-refractivity contribution in [2.75, 3.05) is 6.54 Å². The summed E-state index contributed by atoms with van der Waals surface area (Å²) in [6, 6.07) is 20.1. The van der Waals surface area contributed by atoms with Gasteiger partial charge in [-0.15, -0.1) is 0 Å². The minimum absolute atomic E-state index is 0.0767. The zero-order chi connectivity index (χ0) is 17.1. The maximum absolute atomic E-state index is 12.6. The molecule has 2 heterocycles. The number of amides is 1. The summed E-state index contributed by atoms with van der Waals surface area (Å²) in [5.41, 5.74) is 3.13. The van der Waals surface area contributed by atoms with Gasteiger partial charge in [0.2, 0.25) is 0 Å². The summed E-state index contributed by atoms with van der Waals surface area (Å²) in [4.78, 5) is 18.8. The summed E-state index contributed by atoms with van der Waals surface area (Å²) < 4.78 is 5.53. The van der Waals surface area contributed by atoms with Crippen molar-refractivity contribution < 1.29 is 9.53 Å². The number of nitrogens with zero attached hydrogens (tertiary/aromatic N) is 2. The number of aromatic nitrogens is 1. The third kappa shape index (κ3) is 3.33. The molecule has 0 saturated carbocycles. The first-order valence-electron chi connectivity index (χ1n) is 8.63. The summed E-state index contributed by atoms with van der Waals surface area (Å²) >= 11 is 0. The monoisotopic (exact) mass is 332 g/mol. The molecule has 126 valence electrons. The van der Waals surface area contributed by atoms with Crippen molar-refractivity contribution in [3.63, 3.8) is 0 Å². The van der Waals surface area contributed by atoms with Crippen LogP contribution in [0.25, 0.3) is 10.9 Å². The quantitative estimate of drug-likeness (QED) is 0.697. The highest BCUT2D eigenvalue weighted by molar-refractivity contribution is 5.79. The lowest BCUT2D eigenvalue weighted by atomic mass is 10.0. The number of fused-ring (bicyclic) bond motifs is 1. The van der Waals surface area contributed by atoms with Gasteiger partial charge in [0.1, 0.15) is 6.61 Å². The molecule has 25 heavy (non-hydrogen) atoms. The fraction of sp³-hybridized carbons (Fsp3) is 0.238. The van der Waals surface area contributed by atoms with Crippen molar-refractivity contribution in [3.8, 4) is 0 Å². The Morgan fingerprint density at radius 3 is 2.88 bits per heavy atom. The van der Waals surface area contributed by atoms with E-state index < -0.39 is 0 Å². The van der Waals surface area contributed by atoms with Crippen LogP contribution in [0, 0.1) is 0 Å². The van der Waals surface area contributed by atoms with E-state index in [1.54, 1.807) is 6.20 Å². The maximum atomic E-state index is 12.6. The van der Waals surface area contributed by atoms with E-state index in [2.05, 4.69) is 23.2 Å². The van der Waals surface area contributed by atoms with Gasteiger partial charge in [-0.1, -0.05) is 42.5 Å². The smallest absolute Gasteiger partial charge is 0.410 e. The van der Waals surface area contributed by atoms with Gasteiger partial charge in [-0.05, 0) is 42.2 Å². The van der Waals surface area contributed by atoms with Crippen molar-refractivity contribution in [2.45, 2.75) is 25.5 Å². The molecular formula is C21H20N2O2. The SMILES string of the molecule is O=C(OCc1ccccc1)N1CCC[C@@H]1c1ccc2ncccc2c1. The minimum Gasteiger partial charge on any atom is -0.445 e. The van der Waals surface area contributed by atoms with E-state index in [1.807, 2.05) is 47.4 Å². The van der Waals surface area contributed by atoms with Gasteiger partial charge in [-0.3, -0.25) is 4.98 Å². The van der Waals surface area contributed by atoms with E-state index in [1.165, 1.54) is 0 Å². The van der Waals surface area contributed by atoms with Crippen LogP contribution in [0.15, 0.2) is 66.9 Å². The summed E-state index contributed by atoms with van der Waals surface area (Å²) in [5.74, 6) is 0. The van der Waals surface area contributed by atoms with Gasteiger partial charge in [0.15, 0.2) is 0 Å². The molecule has 1 aliphatic heterocycles. The molecule has 1 atom stereocenters. The predicted octanol–water partition coefficient (Wildman–Crippen LogP) is 4.71. The number of rotatable bonds is 3. The lowest BCUT2D eigenvalue weighted by Crippen LogP contribution is -2.31. The zero-order valence-corrected chi connectivity index (χ0v) is 14.0. The van der Waals surface area contributed by atoms with E-state index in [0.29, 0.717) is 6.61 Å². The third-order valence-corrected chi connectivity index (χ3v) is 4.70. The van der Waals surface area contributed by atoms with E-state index >= 15 is 0 Å². The Balaban J connectivity index is 1.50. The summed E-state index contributed by atoms with van der Waals surface area (Å²) in [7, 11) is 0. The van der Waals surface area contributed by atoms with Crippen molar-refractivity contribution in [1.82, 2.24) is 9.88 Å². The first-order chi connectivity index (χ1) is 12.3. The number of hydrogen-bond acceptors (Lipinski definition) is 3. The number of likely N-dealkylation sites (tertiary alicyclic amines) is 1. The molecule has 1 fully saturated rings.